The van der Waals surface area contributed by atoms with Gasteiger partial charge in [-0.1, -0.05) is 72.8 Å². The topological polar surface area (TPSA) is 208 Å². The normalized spacial score (nSPS) is 15.3. The number of nitrogen functional groups attached to an aromatic ring is 2. The van der Waals surface area contributed by atoms with Crippen LogP contribution in [0, 0.1) is 0 Å². The van der Waals surface area contributed by atoms with Crippen LogP contribution in [0.25, 0.3) is 44.3 Å². The highest BCUT2D eigenvalue weighted by Gasteiger charge is 2.29. The number of carbonyl (C=O) groups excluding carboxylic acids is 1. The fourth-order valence-electron chi connectivity index (χ4n) is 8.75. The number of halogens is 1. The van der Waals surface area contributed by atoms with Gasteiger partial charge in [0, 0.05) is 74.4 Å². The Bertz CT molecular complexity index is 3160. The van der Waals surface area contributed by atoms with Gasteiger partial charge in [-0.3, -0.25) is 4.79 Å². The lowest BCUT2D eigenvalue weighted by molar-refractivity contribution is -0.131. The largest absolute Gasteiger partial charge is 0.478 e. The molecule has 0 unspecified atom stereocenters. The number of anilines is 2. The van der Waals surface area contributed by atoms with Crippen molar-refractivity contribution < 1.29 is 24.2 Å². The SMILES string of the molecule is CN(C)C/C=C/C(=O)N1CC[C@@H](n2cc(-c3ccc(Oc4ccccc4)cc3)c3c(N)ncnc32)C1.CN(C)C/C=C/C(=O)O.Cl.Nc1ncnc2c1c(-c1ccc(Oc3ccccc3)cc1)cn2[C@@H]1CCNC1. The standard InChI is InChI=1S/C28H30N6O2.C22H21N5O.C6H11NO2.ClH/c1-32(2)15-6-9-25(35)33-16-14-21(17-33)34-18-24(26-27(29)30-19-31-28(26)34)20-10-12-23(13-11-20)36-22-7-4-3-5-8-22;23-21-20-19(13-27(16-10-11-24-12-16)22(20)26-14-25-21)15-6-8-18(9-7-15)28-17-4-2-1-3-5-17;1-7(2)5-3-4-6(8)9;/h3-13,18-19,21H,14-17H2,1-2H3,(H2,29,30,31);1-9,13-14,16,24H,10-12H2,(H2,23,25,26);3-4H,5H2,1-2H3,(H,8,9);1H/b9-6+;;4-3+;/t21-;16-;;/m11../s1. The molecule has 8 aromatic rings. The van der Waals surface area contributed by atoms with Crippen LogP contribution in [0.4, 0.5) is 11.6 Å². The van der Waals surface area contributed by atoms with E-state index in [4.69, 9.17) is 26.0 Å². The number of rotatable bonds is 14. The average Bonchev–Trinajstić information content (AvgIpc) is 4.23. The number of fused-ring (bicyclic) bond motifs is 2. The molecule has 2 atom stereocenters. The summed E-state index contributed by atoms with van der Waals surface area (Å²) in [7, 11) is 7.72. The Hall–Kier alpha value is -8.09. The van der Waals surface area contributed by atoms with Gasteiger partial charge in [-0.25, -0.2) is 24.7 Å². The minimum Gasteiger partial charge on any atom is -0.478 e. The third-order valence-electron chi connectivity index (χ3n) is 12.3. The summed E-state index contributed by atoms with van der Waals surface area (Å²) in [5.41, 5.74) is 18.3. The summed E-state index contributed by atoms with van der Waals surface area (Å²) in [4.78, 5) is 45.9. The number of hydrogen-bond donors (Lipinski definition) is 4. The van der Waals surface area contributed by atoms with Gasteiger partial charge in [0.1, 0.15) is 58.6 Å². The highest BCUT2D eigenvalue weighted by Crippen LogP contribution is 2.39. The number of para-hydroxylation sites is 2. The highest BCUT2D eigenvalue weighted by molar-refractivity contribution is 6.02. The Kier molecular flexibility index (Phi) is 18.5. The summed E-state index contributed by atoms with van der Waals surface area (Å²) in [6, 6.07) is 35.9. The maximum atomic E-state index is 12.7. The molecule has 0 bridgehead atoms. The lowest BCUT2D eigenvalue weighted by atomic mass is 10.1. The smallest absolute Gasteiger partial charge is 0.328 e. The monoisotopic (exact) mass is 1020 g/mol. The second-order valence-electron chi connectivity index (χ2n) is 18.2. The molecule has 384 valence electrons. The van der Waals surface area contributed by atoms with Crippen molar-refractivity contribution in [2.75, 3.05) is 78.9 Å². The lowest BCUT2D eigenvalue weighted by Gasteiger charge is -2.16. The van der Waals surface area contributed by atoms with Crippen LogP contribution in [0.3, 0.4) is 0 Å². The molecule has 1 amide bonds. The van der Waals surface area contributed by atoms with E-state index in [1.807, 2.05) is 146 Å². The number of nitrogens with one attached hydrogen (secondary N) is 1. The Balaban J connectivity index is 0.000000187. The zero-order valence-corrected chi connectivity index (χ0v) is 42.8. The molecule has 74 heavy (non-hydrogen) atoms. The molecular formula is C56H63ClN12O5. The van der Waals surface area contributed by atoms with Crippen LogP contribution < -0.4 is 26.3 Å². The van der Waals surface area contributed by atoms with Crippen molar-refractivity contribution in [2.24, 2.45) is 0 Å². The number of benzene rings is 4. The van der Waals surface area contributed by atoms with Crippen LogP contribution in [0.1, 0.15) is 24.9 Å². The first-order valence-electron chi connectivity index (χ1n) is 24.2. The Labute approximate surface area is 437 Å². The summed E-state index contributed by atoms with van der Waals surface area (Å²) < 4.78 is 16.2. The van der Waals surface area contributed by atoms with Crippen molar-refractivity contribution in [3.63, 3.8) is 0 Å². The summed E-state index contributed by atoms with van der Waals surface area (Å²) in [5, 5.41) is 13.3. The van der Waals surface area contributed by atoms with Gasteiger partial charge < -0.3 is 55.2 Å². The first kappa shape index (κ1) is 53.7. The van der Waals surface area contributed by atoms with Gasteiger partial charge in [0.15, 0.2) is 0 Å². The number of amides is 1. The van der Waals surface area contributed by atoms with Crippen molar-refractivity contribution in [3.05, 3.63) is 159 Å². The van der Waals surface area contributed by atoms with E-state index in [0.29, 0.717) is 37.3 Å². The maximum Gasteiger partial charge on any atom is 0.328 e. The fourth-order valence-corrected chi connectivity index (χ4v) is 8.75. The second-order valence-corrected chi connectivity index (χ2v) is 18.2. The van der Waals surface area contributed by atoms with Gasteiger partial charge in [0.2, 0.25) is 5.91 Å². The maximum absolute atomic E-state index is 12.7. The van der Waals surface area contributed by atoms with Crippen LogP contribution in [-0.2, 0) is 9.59 Å². The fraction of sp³-hybridized carbons (Fsp3) is 0.250. The van der Waals surface area contributed by atoms with Gasteiger partial charge in [0.25, 0.3) is 0 Å². The molecule has 6 N–H and O–H groups in total. The molecular weight excluding hydrogens is 956 g/mol. The van der Waals surface area contributed by atoms with Crippen LogP contribution in [0.2, 0.25) is 0 Å². The predicted molar refractivity (Wildman–Crippen MR) is 295 cm³/mol. The van der Waals surface area contributed by atoms with E-state index >= 15 is 0 Å². The third kappa shape index (κ3) is 13.7. The molecule has 0 spiro atoms. The summed E-state index contributed by atoms with van der Waals surface area (Å²) in [5.74, 6) is 3.25. The number of nitrogens with two attached hydrogens (primary N) is 2. The minimum atomic E-state index is -0.892. The Morgan fingerprint density at radius 3 is 1.55 bits per heavy atom. The van der Waals surface area contributed by atoms with Gasteiger partial charge >= 0.3 is 5.97 Å². The van der Waals surface area contributed by atoms with E-state index < -0.39 is 5.97 Å². The minimum absolute atomic E-state index is 0. The molecule has 18 heteroatoms. The Morgan fingerprint density at radius 2 is 1.11 bits per heavy atom. The van der Waals surface area contributed by atoms with E-state index in [-0.39, 0.29) is 24.4 Å². The molecule has 4 aromatic carbocycles. The second kappa shape index (κ2) is 25.5. The van der Waals surface area contributed by atoms with Crippen LogP contribution in [0.5, 0.6) is 23.0 Å². The van der Waals surface area contributed by atoms with Crippen molar-refractivity contribution in [3.8, 4) is 45.3 Å². The summed E-state index contributed by atoms with van der Waals surface area (Å²) >= 11 is 0. The molecule has 0 radical (unpaired) electrons. The number of nitrogens with zero attached hydrogens (tertiary/aromatic N) is 9. The molecule has 4 aromatic heterocycles. The van der Waals surface area contributed by atoms with Crippen molar-refractivity contribution in [1.29, 1.82) is 0 Å². The number of carboxylic acid groups (broad SMARTS) is 1. The number of hydrogen-bond acceptors (Lipinski definition) is 13. The zero-order chi connectivity index (χ0) is 51.3. The van der Waals surface area contributed by atoms with E-state index in [9.17, 15) is 9.59 Å². The molecule has 2 aliphatic rings. The quantitative estimate of drug-likeness (QED) is 0.0750. The zero-order valence-electron chi connectivity index (χ0n) is 42.0. The number of carbonyl (C=O) groups is 2. The Morgan fingerprint density at radius 1 is 0.649 bits per heavy atom. The number of carboxylic acids is 1. The molecule has 17 nitrogen and oxygen atoms in total. The van der Waals surface area contributed by atoms with Crippen molar-refractivity contribution in [1.82, 2.24) is 49.1 Å². The van der Waals surface area contributed by atoms with Gasteiger partial charge in [-0.15, -0.1) is 12.4 Å². The molecule has 10 rings (SSSR count). The van der Waals surface area contributed by atoms with Crippen molar-refractivity contribution >= 4 is 58.0 Å². The van der Waals surface area contributed by atoms with Gasteiger partial charge in [-0.2, -0.15) is 0 Å². The van der Waals surface area contributed by atoms with E-state index in [2.05, 4.69) is 58.9 Å². The first-order chi connectivity index (χ1) is 35.4. The van der Waals surface area contributed by atoms with Crippen molar-refractivity contribution in [2.45, 2.75) is 24.9 Å². The third-order valence-corrected chi connectivity index (χ3v) is 12.3. The van der Waals surface area contributed by atoms with Gasteiger partial charge in [-0.05, 0) is 107 Å². The predicted octanol–water partition coefficient (Wildman–Crippen LogP) is 8.98. The van der Waals surface area contributed by atoms with Gasteiger partial charge in [0.05, 0.1) is 16.8 Å². The lowest BCUT2D eigenvalue weighted by Crippen LogP contribution is -2.27. The number of aliphatic carboxylic acids is 1. The number of aromatic nitrogens is 6. The first-order valence-corrected chi connectivity index (χ1v) is 24.2. The molecule has 0 aliphatic carbocycles. The number of likely N-dealkylation sites (N-methyl/N-ethyl adjacent to an activating group) is 2. The summed E-state index contributed by atoms with van der Waals surface area (Å²) in [6.45, 7) is 4.70. The molecule has 2 aliphatic heterocycles. The van der Waals surface area contributed by atoms with Crippen LogP contribution in [0.15, 0.2) is 159 Å². The van der Waals surface area contributed by atoms with E-state index in [1.165, 1.54) is 12.7 Å². The average molecular weight is 1020 g/mol. The molecule has 6 heterocycles. The highest BCUT2D eigenvalue weighted by atomic mass is 35.5. The van der Waals surface area contributed by atoms with E-state index in [0.717, 1.165) is 106 Å². The summed E-state index contributed by atoms with van der Waals surface area (Å²) in [6.07, 6.45) is 15.5. The number of likely N-dealkylation sites (tertiary alicyclic amines) is 1. The number of ether oxygens (including phenoxy) is 2. The molecule has 2 fully saturated rings. The molecule has 2 saturated heterocycles. The van der Waals surface area contributed by atoms with Crippen LogP contribution >= 0.6 is 12.4 Å². The molecule has 0 saturated carbocycles. The van der Waals surface area contributed by atoms with E-state index in [1.54, 1.807) is 12.2 Å². The van der Waals surface area contributed by atoms with Crippen LogP contribution in [-0.4, -0.2) is 128 Å².